The second-order valence-electron chi connectivity index (χ2n) is 17.6. The molecule has 0 radical (unpaired) electrons. The summed E-state index contributed by atoms with van der Waals surface area (Å²) in [7, 11) is 0. The number of aromatic nitrogens is 1. The first-order chi connectivity index (χ1) is 29.4. The monoisotopic (exact) mass is 770 g/mol. The molecule has 2 aliphatic heterocycles. The number of furan rings is 3. The van der Waals surface area contributed by atoms with Gasteiger partial charge < -0.3 is 22.6 Å². The Balaban J connectivity index is 1.24. The first kappa shape index (κ1) is 32.5. The van der Waals surface area contributed by atoms with Gasteiger partial charge in [-0.2, -0.15) is 0 Å². The molecule has 0 fully saturated rings. The maximum Gasteiger partial charge on any atom is 0.334 e. The fourth-order valence-corrected chi connectivity index (χ4v) is 10.7. The summed E-state index contributed by atoms with van der Waals surface area (Å²) in [6.45, 7) is 6.63. The van der Waals surface area contributed by atoms with Crippen LogP contribution in [0.5, 0.6) is 0 Å². The van der Waals surface area contributed by atoms with E-state index in [0.717, 1.165) is 105 Å². The highest BCUT2D eigenvalue weighted by molar-refractivity contribution is 6.92. The molecule has 0 saturated carbocycles. The minimum absolute atomic E-state index is 0.0507. The van der Waals surface area contributed by atoms with Crippen molar-refractivity contribution in [1.82, 2.24) is 4.48 Å². The molecule has 0 N–H and O–H groups in total. The lowest BCUT2D eigenvalue weighted by Crippen LogP contribution is -2.57. The molecule has 6 heteroatoms. The summed E-state index contributed by atoms with van der Waals surface area (Å²) in [5, 5.41) is 6.61. The van der Waals surface area contributed by atoms with Gasteiger partial charge in [-0.05, 0) is 88.1 Å². The molecule has 2 aliphatic rings. The molecule has 4 aromatic heterocycles. The smallest absolute Gasteiger partial charge is 0.334 e. The maximum absolute atomic E-state index is 7.04. The fraction of sp³-hybridized carbons (Fsp3) is 0.0741. The molecule has 60 heavy (non-hydrogen) atoms. The van der Waals surface area contributed by atoms with Crippen LogP contribution < -0.4 is 15.8 Å². The zero-order valence-electron chi connectivity index (χ0n) is 33.2. The number of fused-ring (bicyclic) bond motifs is 17. The Morgan fingerprint density at radius 3 is 1.92 bits per heavy atom. The summed E-state index contributed by atoms with van der Waals surface area (Å²) in [4.78, 5) is 2.54. The number of benzene rings is 8. The molecule has 282 valence electrons. The number of hydrogen-bond donors (Lipinski definition) is 0. The van der Waals surface area contributed by atoms with Gasteiger partial charge >= 0.3 is 6.85 Å². The summed E-state index contributed by atoms with van der Waals surface area (Å²) >= 11 is 0. The van der Waals surface area contributed by atoms with E-state index in [-0.39, 0.29) is 12.3 Å². The van der Waals surface area contributed by atoms with E-state index in [1.165, 1.54) is 27.6 Å². The molecule has 14 rings (SSSR count). The van der Waals surface area contributed by atoms with E-state index in [1.54, 1.807) is 0 Å². The van der Waals surface area contributed by atoms with Crippen LogP contribution in [0.2, 0.25) is 0 Å². The largest absolute Gasteiger partial charge is 0.456 e. The van der Waals surface area contributed by atoms with Crippen LogP contribution in [0.3, 0.4) is 0 Å². The third-order valence-corrected chi connectivity index (χ3v) is 13.3. The molecule has 12 aromatic rings. The number of rotatable bonds is 2. The lowest BCUT2D eigenvalue weighted by Gasteiger charge is -2.41. The van der Waals surface area contributed by atoms with E-state index >= 15 is 0 Å². The summed E-state index contributed by atoms with van der Waals surface area (Å²) < 4.78 is 23.2. The second-order valence-corrected chi connectivity index (χ2v) is 17.6. The number of anilines is 3. The van der Waals surface area contributed by atoms with Crippen molar-refractivity contribution in [1.29, 1.82) is 0 Å². The van der Waals surface area contributed by atoms with Crippen LogP contribution in [-0.2, 0) is 5.41 Å². The molecule has 0 aliphatic carbocycles. The third-order valence-electron chi connectivity index (χ3n) is 13.3. The average Bonchev–Trinajstić information content (AvgIpc) is 4.04. The quantitative estimate of drug-likeness (QED) is 0.164. The summed E-state index contributed by atoms with van der Waals surface area (Å²) in [5.41, 5.74) is 19.2. The van der Waals surface area contributed by atoms with Crippen LogP contribution in [0.1, 0.15) is 26.3 Å². The van der Waals surface area contributed by atoms with Gasteiger partial charge in [0.1, 0.15) is 27.9 Å². The minimum atomic E-state index is -0.256. The van der Waals surface area contributed by atoms with E-state index in [0.29, 0.717) is 0 Å². The number of nitrogens with zero attached hydrogens (tertiary/aromatic N) is 2. The van der Waals surface area contributed by atoms with Crippen molar-refractivity contribution in [2.75, 3.05) is 4.90 Å². The van der Waals surface area contributed by atoms with Crippen LogP contribution in [0, 0.1) is 0 Å². The van der Waals surface area contributed by atoms with Crippen molar-refractivity contribution in [3.8, 4) is 22.3 Å². The van der Waals surface area contributed by atoms with Gasteiger partial charge in [-0.3, -0.25) is 0 Å². The van der Waals surface area contributed by atoms with Crippen molar-refractivity contribution in [2.24, 2.45) is 0 Å². The first-order valence-corrected chi connectivity index (χ1v) is 20.8. The molecule has 8 aromatic carbocycles. The maximum atomic E-state index is 7.04. The van der Waals surface area contributed by atoms with Gasteiger partial charge in [-0.25, -0.2) is 0 Å². The van der Waals surface area contributed by atoms with E-state index in [4.69, 9.17) is 13.3 Å². The molecule has 0 saturated heterocycles. The Kier molecular flexibility index (Phi) is 6.06. The van der Waals surface area contributed by atoms with Gasteiger partial charge in [0.15, 0.2) is 5.58 Å². The normalized spacial score (nSPS) is 13.5. The predicted octanol–water partition coefficient (Wildman–Crippen LogP) is 13.7. The number of hydrogen-bond acceptors (Lipinski definition) is 4. The van der Waals surface area contributed by atoms with Crippen molar-refractivity contribution < 1.29 is 13.3 Å². The molecule has 6 heterocycles. The topological polar surface area (TPSA) is 47.6 Å². The van der Waals surface area contributed by atoms with Crippen molar-refractivity contribution in [2.45, 2.75) is 26.2 Å². The highest BCUT2D eigenvalue weighted by Gasteiger charge is 2.47. The van der Waals surface area contributed by atoms with Crippen molar-refractivity contribution in [3.63, 3.8) is 0 Å². The van der Waals surface area contributed by atoms with E-state index < -0.39 is 0 Å². The van der Waals surface area contributed by atoms with Crippen LogP contribution >= 0.6 is 0 Å². The molecule has 0 spiro atoms. The van der Waals surface area contributed by atoms with E-state index in [1.807, 2.05) is 0 Å². The van der Waals surface area contributed by atoms with Gasteiger partial charge in [-0.15, -0.1) is 0 Å². The highest BCUT2D eigenvalue weighted by Crippen LogP contribution is 2.52. The molecule has 0 atom stereocenters. The molecule has 0 unspecified atom stereocenters. The molecular weight excluding hydrogens is 735 g/mol. The van der Waals surface area contributed by atoms with Crippen LogP contribution in [0.15, 0.2) is 171 Å². The summed E-state index contributed by atoms with van der Waals surface area (Å²) in [6, 6.07) is 56.9. The Hall–Kier alpha value is -7.44. The fourth-order valence-electron chi connectivity index (χ4n) is 10.7. The Morgan fingerprint density at radius 1 is 0.450 bits per heavy atom. The Bertz CT molecular complexity index is 3840. The minimum Gasteiger partial charge on any atom is -0.456 e. The second kappa shape index (κ2) is 11.2. The average molecular weight is 771 g/mol. The summed E-state index contributed by atoms with van der Waals surface area (Å²) in [5.74, 6) is 0. The van der Waals surface area contributed by atoms with E-state index in [2.05, 4.69) is 188 Å². The summed E-state index contributed by atoms with van der Waals surface area (Å²) in [6.07, 6.45) is 0. The van der Waals surface area contributed by atoms with Gasteiger partial charge in [0.05, 0.1) is 11.2 Å². The highest BCUT2D eigenvalue weighted by atomic mass is 16.3. The predicted molar refractivity (Wildman–Crippen MR) is 248 cm³/mol. The van der Waals surface area contributed by atoms with Crippen molar-refractivity contribution in [3.05, 3.63) is 163 Å². The Morgan fingerprint density at radius 2 is 1.12 bits per heavy atom. The molecule has 0 bridgehead atoms. The van der Waals surface area contributed by atoms with Gasteiger partial charge in [0, 0.05) is 65.9 Å². The number of para-hydroxylation sites is 4. The lowest BCUT2D eigenvalue weighted by atomic mass is 9.44. The zero-order chi connectivity index (χ0) is 39.6. The van der Waals surface area contributed by atoms with Crippen molar-refractivity contribution >= 4 is 112 Å². The van der Waals surface area contributed by atoms with Crippen LogP contribution in [-0.4, -0.2) is 11.3 Å². The zero-order valence-corrected chi connectivity index (χ0v) is 33.2. The first-order valence-electron chi connectivity index (χ1n) is 20.8. The standard InChI is InChI=1S/C54H35BN2O3/c1-54(2,3)31-24-25-39(37(28-31)30-14-5-4-6-15-30)56-40-26-27-45-46(33-17-8-11-22-43(33)58-45)48(40)55-49-41(56)29-38-32-16-7-10-21-42(32)59-52(38)47(49)35-19-13-20-36-50(35)57(55)51-34-18-9-12-23-44(34)60-53(36)51/h4-29H,1-3H3. The van der Waals surface area contributed by atoms with Crippen LogP contribution in [0.25, 0.3) is 99.1 Å². The Labute approximate surface area is 344 Å². The lowest BCUT2D eigenvalue weighted by molar-refractivity contribution is 0.590. The molecular formula is C54H35BN2O3. The van der Waals surface area contributed by atoms with Crippen LogP contribution in [0.4, 0.5) is 17.1 Å². The third kappa shape index (κ3) is 4.03. The van der Waals surface area contributed by atoms with Gasteiger partial charge in [-0.1, -0.05) is 118 Å². The SMILES string of the molecule is CC(C)(C)c1ccc(N2c3cc4c(oc5ccccc54)c4c3B(c3c2ccc2oc5ccccc5c32)n2c3c-4cccc3c3oc4ccccc4c32)c(-c2ccccc2)c1. The molecule has 0 amide bonds. The van der Waals surface area contributed by atoms with Gasteiger partial charge in [0.25, 0.3) is 0 Å². The van der Waals surface area contributed by atoms with Gasteiger partial charge in [0.2, 0.25) is 0 Å². The van der Waals surface area contributed by atoms with E-state index in [9.17, 15) is 0 Å². The molecule has 5 nitrogen and oxygen atoms in total.